The second-order valence-electron chi connectivity index (χ2n) is 5.86. The molecule has 0 aromatic carbocycles. The van der Waals surface area contributed by atoms with Crippen LogP contribution in [0.2, 0.25) is 0 Å². The van der Waals surface area contributed by atoms with Crippen molar-refractivity contribution >= 4 is 11.5 Å². The van der Waals surface area contributed by atoms with Gasteiger partial charge in [0.25, 0.3) is 0 Å². The Bertz CT molecular complexity index is 460. The maximum Gasteiger partial charge on any atom is 0.242 e. The summed E-state index contributed by atoms with van der Waals surface area (Å²) in [7, 11) is 4.14. The van der Waals surface area contributed by atoms with Gasteiger partial charge in [0.1, 0.15) is 11.5 Å². The molecule has 0 atom stereocenters. The normalized spacial score (nSPS) is 14.5. The van der Waals surface area contributed by atoms with Gasteiger partial charge < -0.3 is 20.7 Å². The van der Waals surface area contributed by atoms with Crippen molar-refractivity contribution in [2.45, 2.75) is 38.5 Å². The monoisotopic (exact) mass is 293 g/mol. The van der Waals surface area contributed by atoms with Gasteiger partial charge in [0.05, 0.1) is 6.61 Å². The molecule has 0 bridgehead atoms. The number of ether oxygens (including phenoxy) is 1. The largest absolute Gasteiger partial charge is 0.476 e. The standard InChI is InChI=1S/C15H27N5O/c1-4-10-21-15-12(16)14(17-8-5-9-20(2)3)18-13(19-15)11-6-7-11/h11H,4-10,16H2,1-3H3,(H,17,18,19). The third-order valence-electron chi connectivity index (χ3n) is 3.39. The van der Waals surface area contributed by atoms with E-state index in [0.29, 0.717) is 24.1 Å². The van der Waals surface area contributed by atoms with E-state index in [1.807, 2.05) is 0 Å². The molecule has 0 spiro atoms. The van der Waals surface area contributed by atoms with E-state index in [0.717, 1.165) is 50.4 Å². The zero-order valence-corrected chi connectivity index (χ0v) is 13.4. The molecule has 0 aliphatic heterocycles. The van der Waals surface area contributed by atoms with Crippen LogP contribution in [0.1, 0.15) is 44.3 Å². The first-order valence-corrected chi connectivity index (χ1v) is 7.80. The van der Waals surface area contributed by atoms with Gasteiger partial charge in [-0.25, -0.2) is 4.98 Å². The van der Waals surface area contributed by atoms with Crippen molar-refractivity contribution in [3.05, 3.63) is 5.82 Å². The van der Waals surface area contributed by atoms with E-state index in [1.165, 1.54) is 0 Å². The number of rotatable bonds is 9. The van der Waals surface area contributed by atoms with E-state index >= 15 is 0 Å². The molecule has 1 heterocycles. The fourth-order valence-electron chi connectivity index (χ4n) is 2.04. The summed E-state index contributed by atoms with van der Waals surface area (Å²) in [5.74, 6) is 2.60. The highest BCUT2D eigenvalue weighted by Crippen LogP contribution is 2.40. The van der Waals surface area contributed by atoms with Crippen LogP contribution in [-0.2, 0) is 0 Å². The molecule has 0 unspecified atom stereocenters. The number of anilines is 2. The zero-order chi connectivity index (χ0) is 15.2. The summed E-state index contributed by atoms with van der Waals surface area (Å²) in [6.45, 7) is 4.58. The van der Waals surface area contributed by atoms with Gasteiger partial charge in [-0.15, -0.1) is 0 Å². The molecule has 1 saturated carbocycles. The fraction of sp³-hybridized carbons (Fsp3) is 0.733. The van der Waals surface area contributed by atoms with Crippen molar-refractivity contribution in [3.63, 3.8) is 0 Å². The quantitative estimate of drug-likeness (QED) is 0.679. The first-order chi connectivity index (χ1) is 10.1. The summed E-state index contributed by atoms with van der Waals surface area (Å²) in [5.41, 5.74) is 6.66. The van der Waals surface area contributed by atoms with Crippen molar-refractivity contribution in [3.8, 4) is 5.88 Å². The van der Waals surface area contributed by atoms with Crippen molar-refractivity contribution in [2.24, 2.45) is 0 Å². The lowest BCUT2D eigenvalue weighted by molar-refractivity contribution is 0.305. The zero-order valence-electron chi connectivity index (χ0n) is 13.4. The molecule has 1 aromatic rings. The second kappa shape index (κ2) is 7.45. The first-order valence-electron chi connectivity index (χ1n) is 7.80. The maximum atomic E-state index is 6.13. The van der Waals surface area contributed by atoms with Crippen LogP contribution in [0.25, 0.3) is 0 Å². The molecule has 2 rings (SSSR count). The van der Waals surface area contributed by atoms with E-state index in [2.05, 4.69) is 41.2 Å². The predicted molar refractivity (Wildman–Crippen MR) is 85.9 cm³/mol. The molecular formula is C15H27N5O. The van der Waals surface area contributed by atoms with Crippen LogP contribution in [0, 0.1) is 0 Å². The average Bonchev–Trinajstić information content (AvgIpc) is 3.28. The van der Waals surface area contributed by atoms with Crippen LogP contribution >= 0.6 is 0 Å². The third kappa shape index (κ3) is 4.74. The number of nitrogens with zero attached hydrogens (tertiary/aromatic N) is 3. The number of nitrogens with one attached hydrogen (secondary N) is 1. The van der Waals surface area contributed by atoms with Crippen LogP contribution in [0.15, 0.2) is 0 Å². The molecule has 1 aromatic heterocycles. The number of hydrogen-bond donors (Lipinski definition) is 2. The van der Waals surface area contributed by atoms with Crippen molar-refractivity contribution in [1.82, 2.24) is 14.9 Å². The summed E-state index contributed by atoms with van der Waals surface area (Å²) >= 11 is 0. The smallest absolute Gasteiger partial charge is 0.242 e. The molecular weight excluding hydrogens is 266 g/mol. The minimum atomic E-state index is 0.483. The van der Waals surface area contributed by atoms with Gasteiger partial charge in [0.15, 0.2) is 5.82 Å². The van der Waals surface area contributed by atoms with Crippen molar-refractivity contribution < 1.29 is 4.74 Å². The highest BCUT2D eigenvalue weighted by atomic mass is 16.5. The molecule has 0 saturated heterocycles. The van der Waals surface area contributed by atoms with Crippen LogP contribution < -0.4 is 15.8 Å². The van der Waals surface area contributed by atoms with Crippen LogP contribution in [0.5, 0.6) is 5.88 Å². The molecule has 118 valence electrons. The fourth-order valence-corrected chi connectivity index (χ4v) is 2.04. The van der Waals surface area contributed by atoms with Gasteiger partial charge in [0.2, 0.25) is 5.88 Å². The molecule has 6 nitrogen and oxygen atoms in total. The Kier molecular flexibility index (Phi) is 5.61. The minimum Gasteiger partial charge on any atom is -0.476 e. The SMILES string of the molecule is CCCOc1nc(C2CC2)nc(NCCCN(C)C)c1N. The maximum absolute atomic E-state index is 6.13. The Balaban J connectivity index is 2.04. The van der Waals surface area contributed by atoms with E-state index in [9.17, 15) is 0 Å². The Morgan fingerprint density at radius 2 is 2.10 bits per heavy atom. The molecule has 3 N–H and O–H groups in total. The van der Waals surface area contributed by atoms with E-state index in [1.54, 1.807) is 0 Å². The highest BCUT2D eigenvalue weighted by Gasteiger charge is 2.28. The Hall–Kier alpha value is -1.56. The Morgan fingerprint density at radius 3 is 2.71 bits per heavy atom. The predicted octanol–water partition coefficient (Wildman–Crippen LogP) is 2.09. The lowest BCUT2D eigenvalue weighted by Gasteiger charge is -2.15. The molecule has 0 amide bonds. The summed E-state index contributed by atoms with van der Waals surface area (Å²) in [6.07, 6.45) is 4.31. The van der Waals surface area contributed by atoms with Crippen LogP contribution in [0.4, 0.5) is 11.5 Å². The summed E-state index contributed by atoms with van der Waals surface area (Å²) in [5, 5.41) is 3.33. The topological polar surface area (TPSA) is 76.3 Å². The molecule has 21 heavy (non-hydrogen) atoms. The lowest BCUT2D eigenvalue weighted by atomic mass is 10.3. The van der Waals surface area contributed by atoms with E-state index in [-0.39, 0.29) is 0 Å². The summed E-state index contributed by atoms with van der Waals surface area (Å²) < 4.78 is 5.67. The van der Waals surface area contributed by atoms with Gasteiger partial charge in [-0.2, -0.15) is 4.98 Å². The molecule has 0 radical (unpaired) electrons. The Labute approximate surface area is 127 Å². The second-order valence-corrected chi connectivity index (χ2v) is 5.86. The number of nitrogen functional groups attached to an aromatic ring is 1. The first kappa shape index (κ1) is 15.8. The van der Waals surface area contributed by atoms with Crippen molar-refractivity contribution in [1.29, 1.82) is 0 Å². The highest BCUT2D eigenvalue weighted by molar-refractivity contribution is 5.67. The van der Waals surface area contributed by atoms with E-state index in [4.69, 9.17) is 10.5 Å². The average molecular weight is 293 g/mol. The minimum absolute atomic E-state index is 0.483. The van der Waals surface area contributed by atoms with E-state index < -0.39 is 0 Å². The molecule has 1 fully saturated rings. The third-order valence-corrected chi connectivity index (χ3v) is 3.39. The van der Waals surface area contributed by atoms with Crippen LogP contribution in [-0.4, -0.2) is 48.7 Å². The lowest BCUT2D eigenvalue weighted by Crippen LogP contribution is -2.17. The summed E-state index contributed by atoms with van der Waals surface area (Å²) in [6, 6.07) is 0. The molecule has 1 aliphatic rings. The van der Waals surface area contributed by atoms with Crippen molar-refractivity contribution in [2.75, 3.05) is 44.8 Å². The Morgan fingerprint density at radius 1 is 1.33 bits per heavy atom. The van der Waals surface area contributed by atoms with Gasteiger partial charge in [-0.1, -0.05) is 6.92 Å². The van der Waals surface area contributed by atoms with Gasteiger partial charge in [-0.05, 0) is 46.3 Å². The van der Waals surface area contributed by atoms with Gasteiger partial charge in [0, 0.05) is 12.5 Å². The summed E-state index contributed by atoms with van der Waals surface area (Å²) in [4.78, 5) is 11.2. The number of nitrogens with two attached hydrogens (primary N) is 1. The van der Waals surface area contributed by atoms with Gasteiger partial charge in [-0.3, -0.25) is 0 Å². The molecule has 1 aliphatic carbocycles. The molecule has 6 heteroatoms. The van der Waals surface area contributed by atoms with Crippen LogP contribution in [0.3, 0.4) is 0 Å². The van der Waals surface area contributed by atoms with Gasteiger partial charge >= 0.3 is 0 Å². The number of hydrogen-bond acceptors (Lipinski definition) is 6. The number of aromatic nitrogens is 2.